The molecule has 0 aliphatic heterocycles. The van der Waals surface area contributed by atoms with Crippen LogP contribution in [-0.4, -0.2) is 23.1 Å². The SMILES string of the molecule is CNSc1ccc(NC2CCCCC2)c(-c2cncnc2)c1. The summed E-state index contributed by atoms with van der Waals surface area (Å²) >= 11 is 1.62. The molecule has 3 rings (SSSR count). The van der Waals surface area contributed by atoms with Gasteiger partial charge in [0.05, 0.1) is 0 Å². The molecule has 1 saturated carbocycles. The molecule has 1 aliphatic rings. The third-order valence-corrected chi connectivity index (χ3v) is 4.74. The molecule has 0 bridgehead atoms. The van der Waals surface area contributed by atoms with Crippen molar-refractivity contribution >= 4 is 17.6 Å². The fourth-order valence-electron chi connectivity index (χ4n) is 2.97. The normalized spacial score (nSPS) is 15.7. The molecule has 1 aromatic heterocycles. The van der Waals surface area contributed by atoms with Gasteiger partial charge in [0.2, 0.25) is 0 Å². The maximum absolute atomic E-state index is 4.16. The van der Waals surface area contributed by atoms with Crippen LogP contribution >= 0.6 is 11.9 Å². The summed E-state index contributed by atoms with van der Waals surface area (Å²) in [5.41, 5.74) is 3.41. The molecule has 4 nitrogen and oxygen atoms in total. The summed E-state index contributed by atoms with van der Waals surface area (Å²) in [4.78, 5) is 9.52. The van der Waals surface area contributed by atoms with Gasteiger partial charge in [-0.05, 0) is 50.0 Å². The number of nitrogens with zero attached hydrogens (tertiary/aromatic N) is 2. The molecule has 1 fully saturated rings. The third kappa shape index (κ3) is 3.78. The van der Waals surface area contributed by atoms with Crippen molar-refractivity contribution in [2.24, 2.45) is 0 Å². The summed E-state index contributed by atoms with van der Waals surface area (Å²) in [6.07, 6.45) is 11.9. The summed E-state index contributed by atoms with van der Waals surface area (Å²) in [7, 11) is 1.93. The highest BCUT2D eigenvalue weighted by atomic mass is 32.2. The number of nitrogens with one attached hydrogen (secondary N) is 2. The van der Waals surface area contributed by atoms with Gasteiger partial charge < -0.3 is 5.32 Å². The van der Waals surface area contributed by atoms with Crippen LogP contribution in [0.15, 0.2) is 41.8 Å². The van der Waals surface area contributed by atoms with E-state index in [1.807, 2.05) is 19.4 Å². The van der Waals surface area contributed by atoms with E-state index in [1.54, 1.807) is 18.3 Å². The maximum atomic E-state index is 4.16. The minimum atomic E-state index is 0.583. The van der Waals surface area contributed by atoms with Gasteiger partial charge in [0, 0.05) is 40.1 Å². The Labute approximate surface area is 136 Å². The fourth-order valence-corrected chi connectivity index (χ4v) is 3.52. The van der Waals surface area contributed by atoms with Crippen LogP contribution in [0.2, 0.25) is 0 Å². The molecular formula is C17H22N4S. The smallest absolute Gasteiger partial charge is 0.115 e. The molecule has 1 aromatic carbocycles. The summed E-state index contributed by atoms with van der Waals surface area (Å²) in [6.45, 7) is 0. The predicted octanol–water partition coefficient (Wildman–Crippen LogP) is 4.11. The number of hydrogen-bond acceptors (Lipinski definition) is 5. The van der Waals surface area contributed by atoms with Gasteiger partial charge in [0.15, 0.2) is 0 Å². The first-order valence-corrected chi connectivity index (χ1v) is 8.68. The van der Waals surface area contributed by atoms with Crippen molar-refractivity contribution in [2.75, 3.05) is 12.4 Å². The molecule has 0 saturated heterocycles. The molecule has 0 spiro atoms. The number of aromatic nitrogens is 2. The first-order valence-electron chi connectivity index (χ1n) is 7.86. The molecule has 2 N–H and O–H groups in total. The molecule has 0 amide bonds. The second kappa shape index (κ2) is 7.61. The lowest BCUT2D eigenvalue weighted by Gasteiger charge is -2.25. The Bertz CT molecular complexity index is 597. The standard InChI is InChI=1S/C17H22N4S/c1-18-22-15-7-8-17(21-14-5-3-2-4-6-14)16(9-15)13-10-19-12-20-11-13/h7-12,14,18,21H,2-6H2,1H3. The van der Waals surface area contributed by atoms with E-state index >= 15 is 0 Å². The van der Waals surface area contributed by atoms with Gasteiger partial charge in [-0.15, -0.1) is 0 Å². The molecular weight excluding hydrogens is 292 g/mol. The topological polar surface area (TPSA) is 49.8 Å². The molecule has 22 heavy (non-hydrogen) atoms. The second-order valence-corrected chi connectivity index (χ2v) is 6.70. The van der Waals surface area contributed by atoms with Crippen molar-refractivity contribution in [2.45, 2.75) is 43.0 Å². The number of rotatable bonds is 5. The lowest BCUT2D eigenvalue weighted by molar-refractivity contribution is 0.463. The van der Waals surface area contributed by atoms with E-state index < -0.39 is 0 Å². The van der Waals surface area contributed by atoms with E-state index in [9.17, 15) is 0 Å². The monoisotopic (exact) mass is 314 g/mol. The Hall–Kier alpha value is -1.59. The Morgan fingerprint density at radius 3 is 2.59 bits per heavy atom. The fraction of sp³-hybridized carbons (Fsp3) is 0.412. The maximum Gasteiger partial charge on any atom is 0.115 e. The van der Waals surface area contributed by atoms with Gasteiger partial charge in [0.25, 0.3) is 0 Å². The molecule has 116 valence electrons. The van der Waals surface area contributed by atoms with E-state index in [-0.39, 0.29) is 0 Å². The molecule has 0 atom stereocenters. The number of benzene rings is 1. The van der Waals surface area contributed by atoms with Crippen molar-refractivity contribution in [3.8, 4) is 11.1 Å². The van der Waals surface area contributed by atoms with Crippen molar-refractivity contribution in [3.05, 3.63) is 36.9 Å². The Balaban J connectivity index is 1.90. The van der Waals surface area contributed by atoms with Crippen molar-refractivity contribution in [3.63, 3.8) is 0 Å². The second-order valence-electron chi connectivity index (χ2n) is 5.62. The van der Waals surface area contributed by atoms with Crippen LogP contribution in [-0.2, 0) is 0 Å². The number of anilines is 1. The number of hydrogen-bond donors (Lipinski definition) is 2. The zero-order valence-electron chi connectivity index (χ0n) is 12.9. The van der Waals surface area contributed by atoms with Crippen molar-refractivity contribution in [1.29, 1.82) is 0 Å². The minimum absolute atomic E-state index is 0.583. The van der Waals surface area contributed by atoms with Crippen LogP contribution < -0.4 is 10.0 Å². The highest BCUT2D eigenvalue weighted by molar-refractivity contribution is 7.97. The lowest BCUT2D eigenvalue weighted by Crippen LogP contribution is -2.22. The highest BCUT2D eigenvalue weighted by Gasteiger charge is 2.15. The third-order valence-electron chi connectivity index (χ3n) is 4.05. The molecule has 1 aliphatic carbocycles. The van der Waals surface area contributed by atoms with E-state index in [0.717, 1.165) is 5.56 Å². The van der Waals surface area contributed by atoms with Crippen LogP contribution in [0.3, 0.4) is 0 Å². The first kappa shape index (κ1) is 15.3. The summed E-state index contributed by atoms with van der Waals surface area (Å²) in [6, 6.07) is 7.11. The Morgan fingerprint density at radius 1 is 1.09 bits per heavy atom. The van der Waals surface area contributed by atoms with Crippen LogP contribution in [0.4, 0.5) is 5.69 Å². The zero-order valence-corrected chi connectivity index (χ0v) is 13.7. The van der Waals surface area contributed by atoms with Gasteiger partial charge >= 0.3 is 0 Å². The van der Waals surface area contributed by atoms with Gasteiger partial charge in [-0.1, -0.05) is 19.3 Å². The highest BCUT2D eigenvalue weighted by Crippen LogP contribution is 2.33. The summed E-state index contributed by atoms with van der Waals surface area (Å²) in [5, 5.41) is 3.73. The van der Waals surface area contributed by atoms with Crippen LogP contribution in [0.5, 0.6) is 0 Å². The quantitative estimate of drug-likeness (QED) is 0.813. The first-order chi connectivity index (χ1) is 10.9. The van der Waals surface area contributed by atoms with Gasteiger partial charge in [0.1, 0.15) is 6.33 Å². The van der Waals surface area contributed by atoms with E-state index in [0.29, 0.717) is 6.04 Å². The molecule has 0 unspecified atom stereocenters. The average molecular weight is 314 g/mol. The Morgan fingerprint density at radius 2 is 1.86 bits per heavy atom. The zero-order chi connectivity index (χ0) is 15.2. The molecule has 5 heteroatoms. The largest absolute Gasteiger partial charge is 0.382 e. The van der Waals surface area contributed by atoms with Crippen LogP contribution in [0, 0.1) is 0 Å². The van der Waals surface area contributed by atoms with E-state index in [1.165, 1.54) is 48.3 Å². The summed E-state index contributed by atoms with van der Waals surface area (Å²) in [5.74, 6) is 0. The predicted molar refractivity (Wildman–Crippen MR) is 92.9 cm³/mol. The van der Waals surface area contributed by atoms with Crippen LogP contribution in [0.25, 0.3) is 11.1 Å². The lowest BCUT2D eigenvalue weighted by atomic mass is 9.94. The van der Waals surface area contributed by atoms with Gasteiger partial charge in [-0.25, -0.2) is 9.97 Å². The average Bonchev–Trinajstić information content (AvgIpc) is 2.58. The summed E-state index contributed by atoms with van der Waals surface area (Å²) < 4.78 is 3.13. The Kier molecular flexibility index (Phi) is 5.29. The van der Waals surface area contributed by atoms with E-state index in [2.05, 4.69) is 38.2 Å². The van der Waals surface area contributed by atoms with Gasteiger partial charge in [-0.2, -0.15) is 0 Å². The van der Waals surface area contributed by atoms with Crippen LogP contribution in [0.1, 0.15) is 32.1 Å². The van der Waals surface area contributed by atoms with E-state index in [4.69, 9.17) is 0 Å². The van der Waals surface area contributed by atoms with Crippen molar-refractivity contribution in [1.82, 2.24) is 14.7 Å². The van der Waals surface area contributed by atoms with Crippen molar-refractivity contribution < 1.29 is 0 Å². The molecule has 2 aromatic rings. The minimum Gasteiger partial charge on any atom is -0.382 e. The molecule has 0 radical (unpaired) electrons. The van der Waals surface area contributed by atoms with Gasteiger partial charge in [-0.3, -0.25) is 4.72 Å². The molecule has 1 heterocycles.